The first-order valence-corrected chi connectivity index (χ1v) is 11.3. The monoisotopic (exact) mass is 439 g/mol. The Kier molecular flexibility index (Phi) is 6.67. The zero-order valence-corrected chi connectivity index (χ0v) is 18.7. The molecule has 0 aliphatic carbocycles. The van der Waals surface area contributed by atoms with Crippen LogP contribution < -0.4 is 5.32 Å². The zero-order valence-electron chi connectivity index (χ0n) is 18.7. The van der Waals surface area contributed by atoms with Crippen LogP contribution in [-0.4, -0.2) is 51.7 Å². The minimum Gasteiger partial charge on any atom is -0.373 e. The number of aromatic nitrogens is 2. The maximum atomic E-state index is 14.0. The van der Waals surface area contributed by atoms with Crippen LogP contribution in [0.3, 0.4) is 0 Å². The Bertz CT molecular complexity index is 995. The number of nitrogens with one attached hydrogen (secondary N) is 1. The number of amides is 2. The molecule has 3 heterocycles. The number of hydrogen-bond acceptors (Lipinski definition) is 5. The Balaban J connectivity index is 1.55. The molecule has 0 saturated carbocycles. The lowest BCUT2D eigenvalue weighted by atomic mass is 9.98. The van der Waals surface area contributed by atoms with Gasteiger partial charge >= 0.3 is 0 Å². The Morgan fingerprint density at radius 2 is 2.00 bits per heavy atom. The number of hydrogen-bond donors (Lipinski definition) is 1. The molecule has 8 heteroatoms. The molecule has 0 radical (unpaired) electrons. The third kappa shape index (κ3) is 4.59. The van der Waals surface area contributed by atoms with Crippen LogP contribution in [0.4, 0.5) is 10.2 Å². The fourth-order valence-corrected chi connectivity index (χ4v) is 4.64. The summed E-state index contributed by atoms with van der Waals surface area (Å²) in [4.78, 5) is 38.2. The van der Waals surface area contributed by atoms with Crippen molar-refractivity contribution >= 4 is 17.6 Å². The van der Waals surface area contributed by atoms with E-state index in [0.29, 0.717) is 43.9 Å². The van der Waals surface area contributed by atoms with Crippen molar-refractivity contribution in [2.45, 2.75) is 58.0 Å². The van der Waals surface area contributed by atoms with Gasteiger partial charge in [0.25, 0.3) is 0 Å². The van der Waals surface area contributed by atoms with Gasteiger partial charge in [-0.15, -0.1) is 0 Å². The molecule has 32 heavy (non-hydrogen) atoms. The Labute approximate surface area is 188 Å². The fraction of sp³-hybridized carbons (Fsp3) is 0.500. The number of likely N-dealkylation sites (tertiary alicyclic amines) is 1. The van der Waals surface area contributed by atoms with E-state index in [9.17, 15) is 14.0 Å². The average molecular weight is 440 g/mol. The molecule has 4 rings (SSSR count). The van der Waals surface area contributed by atoms with E-state index >= 15 is 0 Å². The van der Waals surface area contributed by atoms with E-state index in [1.807, 2.05) is 11.9 Å². The van der Waals surface area contributed by atoms with Crippen LogP contribution in [-0.2, 0) is 29.0 Å². The number of fused-ring (bicyclic) bond motifs is 1. The molecule has 1 saturated heterocycles. The number of anilines is 1. The smallest absolute Gasteiger partial charge is 0.223 e. The molecule has 1 unspecified atom stereocenters. The molecule has 1 atom stereocenters. The second kappa shape index (κ2) is 9.63. The lowest BCUT2D eigenvalue weighted by Gasteiger charge is -2.36. The summed E-state index contributed by atoms with van der Waals surface area (Å²) in [6, 6.07) is 6.42. The van der Waals surface area contributed by atoms with Crippen LogP contribution in [0.15, 0.2) is 24.3 Å². The van der Waals surface area contributed by atoms with Gasteiger partial charge in [-0.25, -0.2) is 14.4 Å². The molecule has 1 N–H and O–H groups in total. The van der Waals surface area contributed by atoms with Crippen molar-refractivity contribution in [2.75, 3.05) is 25.5 Å². The number of halogens is 1. The Morgan fingerprint density at radius 3 is 2.75 bits per heavy atom. The van der Waals surface area contributed by atoms with Crippen LogP contribution in [0.5, 0.6) is 0 Å². The molecule has 1 aromatic carbocycles. The highest BCUT2D eigenvalue weighted by Crippen LogP contribution is 2.33. The Morgan fingerprint density at radius 1 is 1.19 bits per heavy atom. The lowest BCUT2D eigenvalue weighted by Crippen LogP contribution is -2.40. The summed E-state index contributed by atoms with van der Waals surface area (Å²) >= 11 is 0. The summed E-state index contributed by atoms with van der Waals surface area (Å²) in [7, 11) is 1.82. The van der Waals surface area contributed by atoms with Crippen molar-refractivity contribution in [3.8, 4) is 0 Å². The minimum atomic E-state index is -0.271. The van der Waals surface area contributed by atoms with E-state index in [2.05, 4.69) is 5.32 Å². The van der Waals surface area contributed by atoms with Crippen LogP contribution in [0, 0.1) is 5.82 Å². The number of rotatable bonds is 5. The standard InChI is InChI=1S/C24H30FN5O2/c1-16(31)29-14-12-20-18(15-29)23(26-2)28-24(27-20)21-9-5-6-13-30(21)22(32)11-10-17-7-3-4-8-19(17)25/h3-4,7-8,21H,5-6,9-15H2,1-2H3,(H,26,27,28). The number of carbonyl (C=O) groups is 2. The number of benzene rings is 1. The summed E-state index contributed by atoms with van der Waals surface area (Å²) in [5.74, 6) is 1.16. The lowest BCUT2D eigenvalue weighted by molar-refractivity contribution is -0.135. The molecular weight excluding hydrogens is 409 g/mol. The van der Waals surface area contributed by atoms with Gasteiger partial charge in [0.2, 0.25) is 11.8 Å². The summed E-state index contributed by atoms with van der Waals surface area (Å²) in [5, 5.41) is 3.16. The highest BCUT2D eigenvalue weighted by Gasteiger charge is 2.32. The summed E-state index contributed by atoms with van der Waals surface area (Å²) in [5.41, 5.74) is 2.46. The van der Waals surface area contributed by atoms with Crippen molar-refractivity contribution in [3.05, 3.63) is 52.7 Å². The molecule has 2 aromatic rings. The van der Waals surface area contributed by atoms with Gasteiger partial charge in [0.15, 0.2) is 5.82 Å². The van der Waals surface area contributed by atoms with Crippen LogP contribution in [0.1, 0.15) is 61.3 Å². The van der Waals surface area contributed by atoms with Gasteiger partial charge in [0.05, 0.1) is 18.3 Å². The normalized spacial score (nSPS) is 18.3. The first-order valence-electron chi connectivity index (χ1n) is 11.3. The molecule has 7 nitrogen and oxygen atoms in total. The van der Waals surface area contributed by atoms with Crippen molar-refractivity contribution in [1.82, 2.24) is 19.8 Å². The van der Waals surface area contributed by atoms with Crippen LogP contribution in [0.25, 0.3) is 0 Å². The van der Waals surface area contributed by atoms with Gasteiger partial charge in [-0.05, 0) is 37.3 Å². The van der Waals surface area contributed by atoms with Crippen molar-refractivity contribution in [2.24, 2.45) is 0 Å². The molecule has 1 aromatic heterocycles. The average Bonchev–Trinajstić information content (AvgIpc) is 2.82. The van der Waals surface area contributed by atoms with E-state index in [-0.39, 0.29) is 30.1 Å². The molecule has 0 spiro atoms. The third-order valence-corrected chi connectivity index (χ3v) is 6.45. The highest BCUT2D eigenvalue weighted by molar-refractivity contribution is 5.77. The van der Waals surface area contributed by atoms with Crippen LogP contribution in [0.2, 0.25) is 0 Å². The molecule has 2 aliphatic rings. The van der Waals surface area contributed by atoms with Crippen molar-refractivity contribution in [1.29, 1.82) is 0 Å². The molecule has 1 fully saturated rings. The Hall–Kier alpha value is -3.03. The fourth-order valence-electron chi connectivity index (χ4n) is 4.64. The van der Waals surface area contributed by atoms with E-state index in [1.165, 1.54) is 6.07 Å². The number of aryl methyl sites for hydroxylation is 1. The molecule has 2 amide bonds. The number of nitrogens with zero attached hydrogens (tertiary/aromatic N) is 4. The van der Waals surface area contributed by atoms with E-state index < -0.39 is 0 Å². The quantitative estimate of drug-likeness (QED) is 0.774. The van der Waals surface area contributed by atoms with E-state index in [0.717, 1.165) is 36.3 Å². The van der Waals surface area contributed by atoms with Crippen molar-refractivity contribution in [3.63, 3.8) is 0 Å². The van der Waals surface area contributed by atoms with Crippen molar-refractivity contribution < 1.29 is 14.0 Å². The summed E-state index contributed by atoms with van der Waals surface area (Å²) in [6.07, 6.45) is 4.08. The summed E-state index contributed by atoms with van der Waals surface area (Å²) < 4.78 is 14.0. The van der Waals surface area contributed by atoms with Gasteiger partial charge in [-0.2, -0.15) is 0 Å². The van der Waals surface area contributed by atoms with E-state index in [4.69, 9.17) is 9.97 Å². The first-order chi connectivity index (χ1) is 15.5. The predicted octanol–water partition coefficient (Wildman–Crippen LogP) is 3.25. The van der Waals surface area contributed by atoms with Gasteiger partial charge in [-0.1, -0.05) is 18.2 Å². The molecule has 0 bridgehead atoms. The van der Waals surface area contributed by atoms with Gasteiger partial charge in [0, 0.05) is 45.5 Å². The third-order valence-electron chi connectivity index (χ3n) is 6.45. The SMILES string of the molecule is CNc1nc(C2CCCCN2C(=O)CCc2ccccc2F)nc2c1CN(C(C)=O)CC2. The predicted molar refractivity (Wildman–Crippen MR) is 119 cm³/mol. The van der Waals surface area contributed by atoms with Crippen LogP contribution >= 0.6 is 0 Å². The molecular formula is C24H30FN5O2. The van der Waals surface area contributed by atoms with E-state index in [1.54, 1.807) is 30.0 Å². The molecule has 2 aliphatic heterocycles. The maximum Gasteiger partial charge on any atom is 0.223 e. The number of piperidine rings is 1. The number of carbonyl (C=O) groups excluding carboxylic acids is 2. The maximum absolute atomic E-state index is 14.0. The molecule has 170 valence electrons. The first kappa shape index (κ1) is 22.2. The second-order valence-electron chi connectivity index (χ2n) is 8.49. The minimum absolute atomic E-state index is 0.00744. The highest BCUT2D eigenvalue weighted by atomic mass is 19.1. The topological polar surface area (TPSA) is 78.4 Å². The summed E-state index contributed by atoms with van der Waals surface area (Å²) in [6.45, 7) is 3.37. The van der Waals surface area contributed by atoms with Gasteiger partial charge in [-0.3, -0.25) is 9.59 Å². The second-order valence-corrected chi connectivity index (χ2v) is 8.49. The largest absolute Gasteiger partial charge is 0.373 e. The van der Waals surface area contributed by atoms with Gasteiger partial charge < -0.3 is 15.1 Å². The van der Waals surface area contributed by atoms with Gasteiger partial charge in [0.1, 0.15) is 11.6 Å². The zero-order chi connectivity index (χ0) is 22.7.